The Morgan fingerprint density at radius 3 is 2.46 bits per heavy atom. The van der Waals surface area contributed by atoms with Crippen LogP contribution in [0.3, 0.4) is 0 Å². The Kier molecular flexibility index (Phi) is 9.80. The number of rotatable bonds is 5. The van der Waals surface area contributed by atoms with Gasteiger partial charge in [-0.1, -0.05) is 31.9 Å². The maximum atomic E-state index is 11.7. The molecule has 1 aromatic rings. The molecule has 136 valence electrons. The summed E-state index contributed by atoms with van der Waals surface area (Å²) in [7, 11) is 3.40. The fourth-order valence-electron chi connectivity index (χ4n) is 2.30. The monoisotopic (exact) mass is 354 g/mol. The molecule has 1 aliphatic heterocycles. The van der Waals surface area contributed by atoms with E-state index in [9.17, 15) is 4.79 Å². The number of piperidine rings is 1. The summed E-state index contributed by atoms with van der Waals surface area (Å²) >= 11 is 6.05. The Labute approximate surface area is 151 Å². The summed E-state index contributed by atoms with van der Waals surface area (Å²) < 4.78 is 5.51. The predicted octanol–water partition coefficient (Wildman–Crippen LogP) is 4.23. The molecule has 0 bridgehead atoms. The number of carbonyl (C=O) groups is 1. The molecular weight excluding hydrogens is 324 g/mol. The molecule has 0 saturated carbocycles. The number of halogens is 1. The number of nitrogens with zero attached hydrogens (tertiary/aromatic N) is 1. The highest BCUT2D eigenvalue weighted by Gasteiger charge is 2.12. The van der Waals surface area contributed by atoms with Crippen LogP contribution in [-0.4, -0.2) is 44.6 Å². The Bertz CT molecular complexity index is 500. The van der Waals surface area contributed by atoms with E-state index in [1.165, 1.54) is 30.8 Å². The number of hydrogen-bond donors (Lipinski definition) is 1. The lowest BCUT2D eigenvalue weighted by molar-refractivity contribution is 0.0827. The molecule has 1 aliphatic rings. The van der Waals surface area contributed by atoms with Crippen LogP contribution in [0, 0.1) is 5.92 Å². The summed E-state index contributed by atoms with van der Waals surface area (Å²) in [5.41, 5.74) is 0.500. The van der Waals surface area contributed by atoms with Crippen LogP contribution in [0.5, 0.6) is 5.75 Å². The number of hydrogen-bond acceptors (Lipinski definition) is 3. The highest BCUT2D eigenvalue weighted by atomic mass is 35.5. The van der Waals surface area contributed by atoms with Crippen molar-refractivity contribution in [2.45, 2.75) is 39.5 Å². The van der Waals surface area contributed by atoms with Crippen LogP contribution in [-0.2, 0) is 0 Å². The molecule has 1 amide bonds. The predicted molar refractivity (Wildman–Crippen MR) is 101 cm³/mol. The number of amides is 1. The standard InChI is InChI=1S/C13H18ClNO2.C6H13N/c1-4-5-8-17-10-6-7-11(12(14)9-10)13(16)15(2)3;1-6-2-4-7-5-3-6/h6-7,9H,4-5,8H2,1-3H3;6-7H,2-5H2,1H3. The molecule has 0 aromatic heterocycles. The SMILES string of the molecule is CC1CCNCC1.CCCCOc1ccc(C(=O)N(C)C)c(Cl)c1. The molecule has 0 aliphatic carbocycles. The highest BCUT2D eigenvalue weighted by molar-refractivity contribution is 6.34. The molecule has 5 heteroatoms. The van der Waals surface area contributed by atoms with Gasteiger partial charge in [-0.25, -0.2) is 0 Å². The second-order valence-electron chi connectivity index (χ2n) is 6.48. The summed E-state index contributed by atoms with van der Waals surface area (Å²) in [5.74, 6) is 1.58. The van der Waals surface area contributed by atoms with Crippen LogP contribution in [0.1, 0.15) is 49.9 Å². The second-order valence-corrected chi connectivity index (χ2v) is 6.88. The molecule has 0 atom stereocenters. The minimum atomic E-state index is -0.102. The molecule has 1 aromatic carbocycles. The van der Waals surface area contributed by atoms with E-state index in [-0.39, 0.29) is 5.91 Å². The van der Waals surface area contributed by atoms with Crippen molar-refractivity contribution < 1.29 is 9.53 Å². The smallest absolute Gasteiger partial charge is 0.254 e. The van der Waals surface area contributed by atoms with Crippen LogP contribution in [0.2, 0.25) is 5.02 Å². The van der Waals surface area contributed by atoms with Crippen LogP contribution < -0.4 is 10.1 Å². The minimum absolute atomic E-state index is 0.102. The van der Waals surface area contributed by atoms with Gasteiger partial charge in [0.2, 0.25) is 0 Å². The summed E-state index contributed by atoms with van der Waals surface area (Å²) in [6, 6.07) is 5.16. The number of ether oxygens (including phenoxy) is 1. The van der Waals surface area contributed by atoms with E-state index in [1.807, 2.05) is 0 Å². The average molecular weight is 355 g/mol. The lowest BCUT2D eigenvalue weighted by Gasteiger charge is -2.17. The molecule has 24 heavy (non-hydrogen) atoms. The molecule has 0 spiro atoms. The number of carbonyl (C=O) groups excluding carboxylic acids is 1. The van der Waals surface area contributed by atoms with Gasteiger partial charge in [-0.3, -0.25) is 4.79 Å². The highest BCUT2D eigenvalue weighted by Crippen LogP contribution is 2.23. The fraction of sp³-hybridized carbons (Fsp3) is 0.632. The first kappa shape index (κ1) is 20.8. The van der Waals surface area contributed by atoms with Gasteiger partial charge in [0.25, 0.3) is 5.91 Å². The third-order valence-corrected chi connectivity index (χ3v) is 4.28. The average Bonchev–Trinajstić information content (AvgIpc) is 2.56. The van der Waals surface area contributed by atoms with Crippen molar-refractivity contribution in [3.05, 3.63) is 28.8 Å². The first-order valence-electron chi connectivity index (χ1n) is 8.80. The van der Waals surface area contributed by atoms with E-state index < -0.39 is 0 Å². The van der Waals surface area contributed by atoms with Crippen LogP contribution in [0.25, 0.3) is 0 Å². The molecule has 1 heterocycles. The summed E-state index contributed by atoms with van der Waals surface area (Å²) in [5, 5.41) is 3.74. The minimum Gasteiger partial charge on any atom is -0.494 e. The Hall–Kier alpha value is -1.26. The van der Waals surface area contributed by atoms with Gasteiger partial charge in [-0.2, -0.15) is 0 Å². The zero-order valence-electron chi connectivity index (χ0n) is 15.4. The normalized spacial score (nSPS) is 14.5. The molecule has 1 saturated heterocycles. The van der Waals surface area contributed by atoms with Crippen molar-refractivity contribution in [1.29, 1.82) is 0 Å². The number of benzene rings is 1. The third kappa shape index (κ3) is 7.54. The van der Waals surface area contributed by atoms with Crippen molar-refractivity contribution in [1.82, 2.24) is 10.2 Å². The van der Waals surface area contributed by atoms with Gasteiger partial charge in [-0.05, 0) is 56.5 Å². The summed E-state index contributed by atoms with van der Waals surface area (Å²) in [6.07, 6.45) is 4.85. The molecule has 1 N–H and O–H groups in total. The van der Waals surface area contributed by atoms with Gasteiger partial charge < -0.3 is 15.0 Å². The topological polar surface area (TPSA) is 41.6 Å². The summed E-state index contributed by atoms with van der Waals surface area (Å²) in [6.45, 7) is 7.58. The number of nitrogens with one attached hydrogen (secondary N) is 1. The van der Waals surface area contributed by atoms with Crippen molar-refractivity contribution >= 4 is 17.5 Å². The van der Waals surface area contributed by atoms with E-state index in [2.05, 4.69) is 19.2 Å². The first-order valence-corrected chi connectivity index (χ1v) is 9.18. The molecular formula is C19H31ClN2O2. The molecule has 4 nitrogen and oxygen atoms in total. The van der Waals surface area contributed by atoms with Gasteiger partial charge in [0.15, 0.2) is 0 Å². The van der Waals surface area contributed by atoms with E-state index in [4.69, 9.17) is 16.3 Å². The fourth-order valence-corrected chi connectivity index (χ4v) is 2.55. The molecule has 0 unspecified atom stereocenters. The van der Waals surface area contributed by atoms with Crippen LogP contribution in [0.15, 0.2) is 18.2 Å². The van der Waals surface area contributed by atoms with E-state index in [1.54, 1.807) is 32.3 Å². The molecule has 1 fully saturated rings. The summed E-state index contributed by atoms with van der Waals surface area (Å²) in [4.78, 5) is 13.2. The van der Waals surface area contributed by atoms with Gasteiger partial charge in [0.1, 0.15) is 5.75 Å². The van der Waals surface area contributed by atoms with Crippen molar-refractivity contribution in [3.63, 3.8) is 0 Å². The zero-order valence-corrected chi connectivity index (χ0v) is 16.2. The molecule has 0 radical (unpaired) electrons. The molecule has 2 rings (SSSR count). The second kappa shape index (κ2) is 11.3. The Morgan fingerprint density at radius 2 is 2.00 bits per heavy atom. The van der Waals surface area contributed by atoms with Gasteiger partial charge in [0, 0.05) is 14.1 Å². The zero-order chi connectivity index (χ0) is 17.9. The van der Waals surface area contributed by atoms with Gasteiger partial charge in [-0.15, -0.1) is 0 Å². The van der Waals surface area contributed by atoms with Crippen LogP contribution in [0.4, 0.5) is 0 Å². The maximum absolute atomic E-state index is 11.7. The van der Waals surface area contributed by atoms with E-state index in [0.717, 1.165) is 18.8 Å². The Balaban J connectivity index is 0.000000341. The van der Waals surface area contributed by atoms with Crippen LogP contribution >= 0.6 is 11.6 Å². The largest absolute Gasteiger partial charge is 0.494 e. The van der Waals surface area contributed by atoms with Crippen molar-refractivity contribution in [2.75, 3.05) is 33.8 Å². The Morgan fingerprint density at radius 1 is 1.33 bits per heavy atom. The van der Waals surface area contributed by atoms with E-state index >= 15 is 0 Å². The third-order valence-electron chi connectivity index (χ3n) is 3.97. The lowest BCUT2D eigenvalue weighted by atomic mass is 10.0. The van der Waals surface area contributed by atoms with Crippen molar-refractivity contribution in [2.24, 2.45) is 5.92 Å². The number of unbranched alkanes of at least 4 members (excludes halogenated alkanes) is 1. The first-order chi connectivity index (χ1) is 11.5. The maximum Gasteiger partial charge on any atom is 0.254 e. The van der Waals surface area contributed by atoms with Gasteiger partial charge in [0.05, 0.1) is 17.2 Å². The lowest BCUT2D eigenvalue weighted by Crippen LogP contribution is -2.26. The van der Waals surface area contributed by atoms with Gasteiger partial charge >= 0.3 is 0 Å². The van der Waals surface area contributed by atoms with E-state index in [0.29, 0.717) is 22.9 Å². The van der Waals surface area contributed by atoms with Crippen molar-refractivity contribution in [3.8, 4) is 5.75 Å². The quantitative estimate of drug-likeness (QED) is 0.804.